The fourth-order valence-corrected chi connectivity index (χ4v) is 4.95. The lowest BCUT2D eigenvalue weighted by Crippen LogP contribution is -2.41. The van der Waals surface area contributed by atoms with E-state index < -0.39 is 24.0 Å². The molecule has 0 heterocycles. The molecular formula is C30H58N2O7S3. The normalized spacial score (nSPS) is 11.6. The van der Waals surface area contributed by atoms with Gasteiger partial charge in [-0.15, -0.1) is 0 Å². The van der Waals surface area contributed by atoms with Gasteiger partial charge in [0.2, 0.25) is 11.8 Å². The molecule has 0 aromatic rings. The molecule has 0 aliphatic rings. The Balaban J connectivity index is -0.000000683. The lowest BCUT2D eigenvalue weighted by molar-refractivity contribution is -0.142. The fraction of sp³-hybridized carbons (Fsp3) is 0.867. The second kappa shape index (κ2) is 35.8. The number of rotatable bonds is 26. The van der Waals surface area contributed by atoms with Crippen LogP contribution in [-0.2, 0) is 31.7 Å². The number of amides is 2. The number of carbonyl (C=O) groups excluding carboxylic acids is 2. The summed E-state index contributed by atoms with van der Waals surface area (Å²) in [6.45, 7) is 4.39. The third-order valence-electron chi connectivity index (χ3n) is 6.50. The van der Waals surface area contributed by atoms with E-state index in [4.69, 9.17) is 14.4 Å². The molecule has 0 aliphatic carbocycles. The largest absolute Gasteiger partial charge is 0.480 e. The third-order valence-corrected chi connectivity index (χ3v) is 7.79. The number of unbranched alkanes of at least 4 members (excludes halogenated alkanes) is 12. The first kappa shape index (κ1) is 45.0. The lowest BCUT2D eigenvalue weighted by atomic mass is 10.1. The number of nitrogens with one attached hydrogen (secondary N) is 2. The van der Waals surface area contributed by atoms with Gasteiger partial charge in [-0.25, -0.2) is 9.59 Å². The summed E-state index contributed by atoms with van der Waals surface area (Å²) in [7, 11) is 0. The Morgan fingerprint density at radius 2 is 0.857 bits per heavy atom. The molecule has 12 heteroatoms. The zero-order valence-electron chi connectivity index (χ0n) is 26.5. The first-order chi connectivity index (χ1) is 20.2. The maximum Gasteiger partial charge on any atom is 0.326 e. The first-order valence-corrected chi connectivity index (χ1v) is 18.5. The highest BCUT2D eigenvalue weighted by Gasteiger charge is 2.19. The van der Waals surface area contributed by atoms with Gasteiger partial charge in [0.05, 0.1) is 0 Å². The minimum atomic E-state index is -0.938. The summed E-state index contributed by atoms with van der Waals surface area (Å²) in [4.78, 5) is 45.3. The van der Waals surface area contributed by atoms with Crippen LogP contribution in [0.1, 0.15) is 129 Å². The van der Waals surface area contributed by atoms with Gasteiger partial charge in [-0.2, -0.15) is 27.7 Å². The van der Waals surface area contributed by atoms with Crippen LogP contribution in [0.4, 0.5) is 0 Å². The van der Waals surface area contributed by atoms with Gasteiger partial charge in [0, 0.05) is 12.8 Å². The van der Waals surface area contributed by atoms with Gasteiger partial charge in [0.25, 0.3) is 0 Å². The second-order valence-corrected chi connectivity index (χ2v) is 12.2. The maximum atomic E-state index is 11.7. The van der Waals surface area contributed by atoms with Crippen LogP contribution < -0.4 is 10.6 Å². The molecule has 0 saturated carbocycles. The van der Waals surface area contributed by atoms with Crippen molar-refractivity contribution in [3.63, 3.8) is 0 Å². The molecule has 248 valence electrons. The average Bonchev–Trinajstić information content (AvgIpc) is 2.97. The molecule has 2 amide bonds. The van der Waals surface area contributed by atoms with Crippen LogP contribution in [0.2, 0.25) is 0 Å². The smallest absolute Gasteiger partial charge is 0.326 e. The Hall–Kier alpha value is -1.40. The van der Waals surface area contributed by atoms with Crippen molar-refractivity contribution in [1.82, 2.24) is 10.6 Å². The molecule has 0 radical (unpaired) electrons. The van der Waals surface area contributed by atoms with E-state index in [0.717, 1.165) is 37.2 Å². The van der Waals surface area contributed by atoms with Crippen LogP contribution in [0.15, 0.2) is 0 Å². The Morgan fingerprint density at radius 1 is 0.571 bits per heavy atom. The van der Waals surface area contributed by atoms with E-state index in [1.54, 1.807) is 23.5 Å². The minimum absolute atomic E-state index is 0.132. The standard InChI is InChI=1S/2C15H29NO3S.OS/c2*1-3-4-5-6-7-8-9-10-14(17)16-13(15(18)19)11-12-20-2;1-2/h2*13H,3-12H2,1-2H3,(H,16,17)(H,18,19);/t2*13-;/m00./s1. The van der Waals surface area contributed by atoms with Gasteiger partial charge in [-0.1, -0.05) is 90.9 Å². The molecule has 0 aromatic carbocycles. The number of hydrogen-bond donors (Lipinski definition) is 4. The number of carbonyl (C=O) groups is 4. The molecule has 42 heavy (non-hydrogen) atoms. The number of hydrogen-bond acceptors (Lipinski definition) is 8. The number of aliphatic carboxylic acids is 2. The highest BCUT2D eigenvalue weighted by atomic mass is 32.2. The highest BCUT2D eigenvalue weighted by Crippen LogP contribution is 2.10. The van der Waals surface area contributed by atoms with Gasteiger partial charge >= 0.3 is 11.9 Å². The van der Waals surface area contributed by atoms with Crippen LogP contribution in [0.5, 0.6) is 0 Å². The molecule has 0 unspecified atom stereocenters. The summed E-state index contributed by atoms with van der Waals surface area (Å²) in [5.74, 6) is -0.651. The SMILES string of the molecule is CCCCCCCCCC(=O)N[C@@H](CCSC)C(=O)O.CCCCCCCCCC(=O)N[C@@H](CCSC)C(=O)O.O=S. The van der Waals surface area contributed by atoms with Crippen molar-refractivity contribution in [3.8, 4) is 0 Å². The zero-order chi connectivity index (χ0) is 32.4. The van der Waals surface area contributed by atoms with Crippen LogP contribution >= 0.6 is 23.5 Å². The molecule has 0 bridgehead atoms. The van der Waals surface area contributed by atoms with Crippen molar-refractivity contribution in [2.45, 2.75) is 142 Å². The number of carboxylic acid groups (broad SMARTS) is 2. The van der Waals surface area contributed by atoms with Crippen molar-refractivity contribution < 1.29 is 33.6 Å². The molecular weight excluding hydrogens is 597 g/mol. The van der Waals surface area contributed by atoms with Gasteiger partial charge in [0.15, 0.2) is 12.5 Å². The summed E-state index contributed by atoms with van der Waals surface area (Å²) in [6.07, 6.45) is 22.0. The van der Waals surface area contributed by atoms with Gasteiger partial charge in [-0.3, -0.25) is 9.59 Å². The Kier molecular flexibility index (Phi) is 38.4. The highest BCUT2D eigenvalue weighted by molar-refractivity contribution is 7.98. The zero-order valence-corrected chi connectivity index (χ0v) is 28.9. The molecule has 0 rings (SSSR count). The topological polar surface area (TPSA) is 150 Å². The van der Waals surface area contributed by atoms with Crippen molar-refractivity contribution in [2.24, 2.45) is 0 Å². The Bertz CT molecular complexity index is 619. The van der Waals surface area contributed by atoms with Gasteiger partial charge in [0.1, 0.15) is 12.1 Å². The Labute approximate surface area is 268 Å². The molecule has 9 nitrogen and oxygen atoms in total. The maximum absolute atomic E-state index is 11.7. The molecule has 0 spiro atoms. The van der Waals surface area contributed by atoms with Gasteiger partial charge < -0.3 is 20.8 Å². The summed E-state index contributed by atoms with van der Waals surface area (Å²) in [5, 5.41) is 23.3. The minimum Gasteiger partial charge on any atom is -0.480 e. The predicted octanol–water partition coefficient (Wildman–Crippen LogP) is 6.56. The number of thioether (sulfide) groups is 2. The molecule has 0 saturated heterocycles. The Morgan fingerprint density at radius 3 is 1.12 bits per heavy atom. The van der Waals surface area contributed by atoms with Crippen molar-refractivity contribution in [2.75, 3.05) is 24.0 Å². The molecule has 2 atom stereocenters. The number of carboxylic acids is 2. The van der Waals surface area contributed by atoms with E-state index >= 15 is 0 Å². The summed E-state index contributed by atoms with van der Waals surface area (Å²) >= 11 is 6.01. The van der Waals surface area contributed by atoms with E-state index in [-0.39, 0.29) is 11.8 Å². The lowest BCUT2D eigenvalue weighted by Gasteiger charge is -2.13. The van der Waals surface area contributed by atoms with E-state index in [1.165, 1.54) is 64.2 Å². The van der Waals surface area contributed by atoms with Crippen LogP contribution in [0.3, 0.4) is 0 Å². The monoisotopic (exact) mass is 654 g/mol. The summed E-state index contributed by atoms with van der Waals surface area (Å²) in [5.41, 5.74) is 0. The van der Waals surface area contributed by atoms with Crippen molar-refractivity contribution in [1.29, 1.82) is 0 Å². The summed E-state index contributed by atoms with van der Waals surface area (Å²) in [6, 6.07) is -1.47. The van der Waals surface area contributed by atoms with Crippen LogP contribution in [-0.4, -0.2) is 74.3 Å². The predicted molar refractivity (Wildman–Crippen MR) is 178 cm³/mol. The van der Waals surface area contributed by atoms with Crippen molar-refractivity contribution in [3.05, 3.63) is 0 Å². The molecule has 0 aromatic heterocycles. The molecule has 4 N–H and O–H groups in total. The average molecular weight is 655 g/mol. The van der Waals surface area contributed by atoms with E-state index in [2.05, 4.69) is 37.0 Å². The van der Waals surface area contributed by atoms with E-state index in [1.807, 2.05) is 12.5 Å². The van der Waals surface area contributed by atoms with E-state index in [0.29, 0.717) is 25.7 Å². The quantitative estimate of drug-likeness (QED) is 0.0755. The van der Waals surface area contributed by atoms with Crippen LogP contribution in [0, 0.1) is 0 Å². The summed E-state index contributed by atoms with van der Waals surface area (Å²) < 4.78 is 7.83. The molecule has 0 fully saturated rings. The molecule has 0 aliphatic heterocycles. The van der Waals surface area contributed by atoms with Gasteiger partial charge in [-0.05, 0) is 49.7 Å². The van der Waals surface area contributed by atoms with Crippen molar-refractivity contribution >= 4 is 59.8 Å². The second-order valence-electron chi connectivity index (χ2n) is 10.2. The van der Waals surface area contributed by atoms with E-state index in [9.17, 15) is 19.2 Å². The fourth-order valence-electron chi connectivity index (χ4n) is 4.00. The van der Waals surface area contributed by atoms with Crippen LogP contribution in [0.25, 0.3) is 0 Å². The first-order valence-electron chi connectivity index (χ1n) is 15.4. The third kappa shape index (κ3) is 33.1.